The molecular formula is C21H26N2O2. The number of carbonyl (C=O) groups excluding carboxylic acids is 1. The van der Waals surface area contributed by atoms with Crippen LogP contribution in [-0.2, 0) is 14.9 Å². The minimum atomic E-state index is -0.274. The molecule has 1 aliphatic rings. The largest absolute Gasteiger partial charge is 0.381 e. The highest BCUT2D eigenvalue weighted by molar-refractivity contribution is 5.77. The Labute approximate surface area is 149 Å². The van der Waals surface area contributed by atoms with Gasteiger partial charge in [-0.3, -0.25) is 4.79 Å². The monoisotopic (exact) mass is 338 g/mol. The molecule has 0 bridgehead atoms. The van der Waals surface area contributed by atoms with Crippen LogP contribution in [0.25, 0.3) is 0 Å². The van der Waals surface area contributed by atoms with Crippen molar-refractivity contribution in [1.29, 1.82) is 0 Å². The van der Waals surface area contributed by atoms with E-state index in [0.29, 0.717) is 13.0 Å². The zero-order valence-electron chi connectivity index (χ0n) is 14.5. The first-order valence-electron chi connectivity index (χ1n) is 8.90. The van der Waals surface area contributed by atoms with Crippen LogP contribution in [-0.4, -0.2) is 25.7 Å². The number of hydrogen-bond donors (Lipinski definition) is 2. The van der Waals surface area contributed by atoms with Crippen molar-refractivity contribution >= 4 is 5.91 Å². The Balaban J connectivity index is 1.62. The lowest BCUT2D eigenvalue weighted by Gasteiger charge is -2.38. The molecule has 1 amide bonds. The second-order valence-corrected chi connectivity index (χ2v) is 6.76. The molecule has 1 unspecified atom stereocenters. The van der Waals surface area contributed by atoms with Crippen LogP contribution in [0.4, 0.5) is 0 Å². The van der Waals surface area contributed by atoms with Crippen LogP contribution in [0.1, 0.15) is 36.4 Å². The molecule has 1 heterocycles. The molecule has 25 heavy (non-hydrogen) atoms. The Bertz CT molecular complexity index is 667. The van der Waals surface area contributed by atoms with Crippen molar-refractivity contribution in [2.45, 2.75) is 30.7 Å². The topological polar surface area (TPSA) is 64.4 Å². The molecule has 2 aromatic rings. The van der Waals surface area contributed by atoms with Crippen molar-refractivity contribution in [3.05, 3.63) is 71.8 Å². The van der Waals surface area contributed by atoms with Crippen molar-refractivity contribution < 1.29 is 9.53 Å². The standard InChI is InChI=1S/C21H26N2O2/c22-19(17-7-3-1-4-8-17)15-20(24)23-16-21(11-13-25-14-12-21)18-9-5-2-6-10-18/h1-10,19H,11-16,22H2,(H,23,24). The molecule has 4 heteroatoms. The maximum atomic E-state index is 12.4. The smallest absolute Gasteiger partial charge is 0.221 e. The summed E-state index contributed by atoms with van der Waals surface area (Å²) in [4.78, 5) is 12.4. The number of nitrogens with two attached hydrogens (primary N) is 1. The first-order chi connectivity index (χ1) is 12.2. The summed E-state index contributed by atoms with van der Waals surface area (Å²) in [7, 11) is 0. The Kier molecular flexibility index (Phi) is 5.84. The number of hydrogen-bond acceptors (Lipinski definition) is 3. The van der Waals surface area contributed by atoms with Gasteiger partial charge in [-0.15, -0.1) is 0 Å². The Morgan fingerprint density at radius 2 is 1.64 bits per heavy atom. The molecule has 4 nitrogen and oxygen atoms in total. The molecule has 0 spiro atoms. The fourth-order valence-corrected chi connectivity index (χ4v) is 3.48. The van der Waals surface area contributed by atoms with E-state index in [1.807, 2.05) is 36.4 Å². The summed E-state index contributed by atoms with van der Waals surface area (Å²) >= 11 is 0. The lowest BCUT2D eigenvalue weighted by Crippen LogP contribution is -2.45. The van der Waals surface area contributed by atoms with Gasteiger partial charge in [-0.1, -0.05) is 60.7 Å². The van der Waals surface area contributed by atoms with Gasteiger partial charge < -0.3 is 15.8 Å². The summed E-state index contributed by atoms with van der Waals surface area (Å²) in [5.41, 5.74) is 8.38. The molecule has 0 saturated carbocycles. The van der Waals surface area contributed by atoms with E-state index in [1.54, 1.807) is 0 Å². The van der Waals surface area contributed by atoms with E-state index in [1.165, 1.54) is 5.56 Å². The zero-order chi connectivity index (χ0) is 17.5. The number of benzene rings is 2. The van der Waals surface area contributed by atoms with Gasteiger partial charge in [-0.05, 0) is 24.0 Å². The van der Waals surface area contributed by atoms with Gasteiger partial charge in [0.05, 0.1) is 0 Å². The van der Waals surface area contributed by atoms with Crippen molar-refractivity contribution in [2.75, 3.05) is 19.8 Å². The summed E-state index contributed by atoms with van der Waals surface area (Å²) in [5.74, 6) is -0.00171. The quantitative estimate of drug-likeness (QED) is 0.851. The predicted molar refractivity (Wildman–Crippen MR) is 99.2 cm³/mol. The van der Waals surface area contributed by atoms with Crippen molar-refractivity contribution in [3.8, 4) is 0 Å². The number of carbonyl (C=O) groups is 1. The maximum Gasteiger partial charge on any atom is 0.221 e. The van der Waals surface area contributed by atoms with Crippen LogP contribution < -0.4 is 11.1 Å². The third-order valence-corrected chi connectivity index (χ3v) is 5.09. The molecule has 0 aromatic heterocycles. The van der Waals surface area contributed by atoms with E-state index in [-0.39, 0.29) is 17.4 Å². The van der Waals surface area contributed by atoms with Gasteiger partial charge in [0.25, 0.3) is 0 Å². The van der Waals surface area contributed by atoms with Gasteiger partial charge in [0.15, 0.2) is 0 Å². The van der Waals surface area contributed by atoms with E-state index < -0.39 is 0 Å². The highest BCUT2D eigenvalue weighted by Crippen LogP contribution is 2.34. The minimum absolute atomic E-state index is 0.00171. The summed E-state index contributed by atoms with van der Waals surface area (Å²) in [5, 5.41) is 3.12. The Hall–Kier alpha value is -2.17. The molecule has 3 rings (SSSR count). The second-order valence-electron chi connectivity index (χ2n) is 6.76. The van der Waals surface area contributed by atoms with E-state index in [9.17, 15) is 4.79 Å². The van der Waals surface area contributed by atoms with E-state index >= 15 is 0 Å². The van der Waals surface area contributed by atoms with Crippen LogP contribution >= 0.6 is 0 Å². The minimum Gasteiger partial charge on any atom is -0.381 e. The lowest BCUT2D eigenvalue weighted by atomic mass is 9.74. The van der Waals surface area contributed by atoms with Gasteiger partial charge in [0, 0.05) is 37.6 Å². The normalized spacial score (nSPS) is 17.6. The fraction of sp³-hybridized carbons (Fsp3) is 0.381. The Morgan fingerprint density at radius 3 is 2.28 bits per heavy atom. The third-order valence-electron chi connectivity index (χ3n) is 5.09. The molecule has 132 valence electrons. The Morgan fingerprint density at radius 1 is 1.04 bits per heavy atom. The van der Waals surface area contributed by atoms with Crippen LogP contribution in [0, 0.1) is 0 Å². The molecule has 1 aliphatic heterocycles. The lowest BCUT2D eigenvalue weighted by molar-refractivity contribution is -0.122. The van der Waals surface area contributed by atoms with Crippen molar-refractivity contribution in [1.82, 2.24) is 5.32 Å². The highest BCUT2D eigenvalue weighted by atomic mass is 16.5. The predicted octanol–water partition coefficient (Wildman–Crippen LogP) is 2.94. The van der Waals surface area contributed by atoms with Gasteiger partial charge in [0.1, 0.15) is 0 Å². The second kappa shape index (κ2) is 8.28. The van der Waals surface area contributed by atoms with Gasteiger partial charge in [0.2, 0.25) is 5.91 Å². The van der Waals surface area contributed by atoms with E-state index in [4.69, 9.17) is 10.5 Å². The first-order valence-corrected chi connectivity index (χ1v) is 8.90. The van der Waals surface area contributed by atoms with Crippen LogP contribution in [0.2, 0.25) is 0 Å². The molecule has 1 saturated heterocycles. The number of amides is 1. The SMILES string of the molecule is NC(CC(=O)NCC1(c2ccccc2)CCOCC1)c1ccccc1. The molecule has 3 N–H and O–H groups in total. The number of ether oxygens (including phenoxy) is 1. The molecule has 2 aromatic carbocycles. The fourth-order valence-electron chi connectivity index (χ4n) is 3.48. The average molecular weight is 338 g/mol. The highest BCUT2D eigenvalue weighted by Gasteiger charge is 2.34. The first kappa shape index (κ1) is 17.6. The van der Waals surface area contributed by atoms with Gasteiger partial charge in [-0.25, -0.2) is 0 Å². The molecular weight excluding hydrogens is 312 g/mol. The van der Waals surface area contributed by atoms with Crippen LogP contribution in [0.3, 0.4) is 0 Å². The molecule has 0 radical (unpaired) electrons. The molecule has 1 fully saturated rings. The summed E-state index contributed by atoms with van der Waals surface area (Å²) in [6.07, 6.45) is 2.13. The number of nitrogens with one attached hydrogen (secondary N) is 1. The van der Waals surface area contributed by atoms with Crippen molar-refractivity contribution in [2.24, 2.45) is 5.73 Å². The van der Waals surface area contributed by atoms with E-state index in [0.717, 1.165) is 31.6 Å². The molecule has 1 atom stereocenters. The van der Waals surface area contributed by atoms with Gasteiger partial charge in [-0.2, -0.15) is 0 Å². The van der Waals surface area contributed by atoms with Crippen LogP contribution in [0.15, 0.2) is 60.7 Å². The van der Waals surface area contributed by atoms with E-state index in [2.05, 4.69) is 29.6 Å². The number of rotatable bonds is 6. The summed E-state index contributed by atoms with van der Waals surface area (Å²) in [6.45, 7) is 2.09. The molecule has 0 aliphatic carbocycles. The zero-order valence-corrected chi connectivity index (χ0v) is 14.5. The summed E-state index contributed by atoms with van der Waals surface area (Å²) in [6, 6.07) is 19.9. The summed E-state index contributed by atoms with van der Waals surface area (Å²) < 4.78 is 5.54. The maximum absolute atomic E-state index is 12.4. The van der Waals surface area contributed by atoms with Crippen molar-refractivity contribution in [3.63, 3.8) is 0 Å². The van der Waals surface area contributed by atoms with Crippen LogP contribution in [0.5, 0.6) is 0 Å². The third kappa shape index (κ3) is 4.47. The van der Waals surface area contributed by atoms with Gasteiger partial charge >= 0.3 is 0 Å². The average Bonchev–Trinajstić information content (AvgIpc) is 2.68.